The molecule has 0 atom stereocenters. The van der Waals surface area contributed by atoms with Crippen LogP contribution in [0.5, 0.6) is 0 Å². The predicted octanol–water partition coefficient (Wildman–Crippen LogP) is 1.29. The molecule has 0 unspecified atom stereocenters. The van der Waals surface area contributed by atoms with Crippen molar-refractivity contribution in [1.29, 1.82) is 0 Å². The highest BCUT2D eigenvalue weighted by molar-refractivity contribution is 6.02. The van der Waals surface area contributed by atoms with E-state index >= 15 is 0 Å². The van der Waals surface area contributed by atoms with Gasteiger partial charge in [-0.3, -0.25) is 9.59 Å². The fourth-order valence-electron chi connectivity index (χ4n) is 1.51. The van der Waals surface area contributed by atoms with Gasteiger partial charge in [-0.05, 0) is 17.7 Å². The number of carboxylic acid groups (broad SMARTS) is 1. The van der Waals surface area contributed by atoms with Gasteiger partial charge in [0.1, 0.15) is 5.69 Å². The van der Waals surface area contributed by atoms with Crippen LogP contribution in [0.4, 0.5) is 5.69 Å². The lowest BCUT2D eigenvalue weighted by molar-refractivity contribution is -0.136. The number of benzene rings is 1. The molecule has 0 spiro atoms. The molecule has 2 aromatic rings. The molecule has 18 heavy (non-hydrogen) atoms. The molecule has 3 N–H and O–H groups in total. The van der Waals surface area contributed by atoms with E-state index in [1.54, 1.807) is 24.3 Å². The Hall–Kier alpha value is -2.63. The molecule has 1 aromatic heterocycles. The minimum Gasteiger partial charge on any atom is -0.481 e. The molecule has 0 bridgehead atoms. The third-order valence-corrected chi connectivity index (χ3v) is 2.28. The van der Waals surface area contributed by atoms with Gasteiger partial charge in [-0.2, -0.15) is 0 Å². The second-order valence-corrected chi connectivity index (χ2v) is 3.69. The van der Waals surface area contributed by atoms with Gasteiger partial charge in [-0.25, -0.2) is 4.98 Å². The van der Waals surface area contributed by atoms with Crippen molar-refractivity contribution in [2.75, 3.05) is 5.32 Å². The highest BCUT2D eigenvalue weighted by Crippen LogP contribution is 2.12. The number of nitrogens with zero attached hydrogens (tertiary/aromatic N) is 1. The lowest BCUT2D eigenvalue weighted by Gasteiger charge is -2.05. The molecule has 0 aliphatic carbocycles. The summed E-state index contributed by atoms with van der Waals surface area (Å²) in [5, 5.41) is 11.3. The molecule has 92 valence electrons. The zero-order valence-corrected chi connectivity index (χ0v) is 9.38. The van der Waals surface area contributed by atoms with E-state index in [0.29, 0.717) is 16.9 Å². The average molecular weight is 245 g/mol. The number of amides is 1. The standard InChI is InChI=1S/C12H11N3O3/c16-11(17)5-8-2-1-3-9(4-8)15-12(18)10-6-13-7-14-10/h1-4,6-7H,5H2,(H,13,14)(H,15,18)(H,16,17). The number of carbonyl (C=O) groups is 2. The van der Waals surface area contributed by atoms with E-state index in [1.165, 1.54) is 12.5 Å². The van der Waals surface area contributed by atoms with Gasteiger partial charge in [-0.15, -0.1) is 0 Å². The number of carboxylic acids is 1. The molecule has 6 nitrogen and oxygen atoms in total. The van der Waals surface area contributed by atoms with Crippen LogP contribution < -0.4 is 5.32 Å². The van der Waals surface area contributed by atoms with Gasteiger partial charge in [0, 0.05) is 5.69 Å². The van der Waals surface area contributed by atoms with Gasteiger partial charge in [-0.1, -0.05) is 12.1 Å². The van der Waals surface area contributed by atoms with Crippen molar-refractivity contribution >= 4 is 17.6 Å². The van der Waals surface area contributed by atoms with Gasteiger partial charge >= 0.3 is 5.97 Å². The monoisotopic (exact) mass is 245 g/mol. The summed E-state index contributed by atoms with van der Waals surface area (Å²) < 4.78 is 0. The molecule has 0 fully saturated rings. The normalized spacial score (nSPS) is 10.0. The molecular formula is C12H11N3O3. The first kappa shape index (κ1) is 11.8. The number of H-pyrrole nitrogens is 1. The molecule has 0 radical (unpaired) electrons. The summed E-state index contributed by atoms with van der Waals surface area (Å²) in [6.07, 6.45) is 2.75. The minimum atomic E-state index is -0.910. The molecule has 1 aromatic carbocycles. The van der Waals surface area contributed by atoms with Crippen molar-refractivity contribution in [1.82, 2.24) is 9.97 Å². The topological polar surface area (TPSA) is 95.1 Å². The van der Waals surface area contributed by atoms with Crippen LogP contribution in [0.3, 0.4) is 0 Å². The number of hydrogen-bond donors (Lipinski definition) is 3. The van der Waals surface area contributed by atoms with Gasteiger partial charge in [0.15, 0.2) is 0 Å². The fourth-order valence-corrected chi connectivity index (χ4v) is 1.51. The second kappa shape index (κ2) is 5.13. The van der Waals surface area contributed by atoms with E-state index in [2.05, 4.69) is 15.3 Å². The van der Waals surface area contributed by atoms with Crippen LogP contribution >= 0.6 is 0 Å². The van der Waals surface area contributed by atoms with Crippen LogP contribution in [0.15, 0.2) is 36.8 Å². The van der Waals surface area contributed by atoms with Crippen molar-refractivity contribution in [3.63, 3.8) is 0 Å². The molecule has 0 aliphatic heterocycles. The smallest absolute Gasteiger partial charge is 0.307 e. The zero-order chi connectivity index (χ0) is 13.0. The van der Waals surface area contributed by atoms with Crippen molar-refractivity contribution in [3.8, 4) is 0 Å². The SMILES string of the molecule is O=C(O)Cc1cccc(NC(=O)c2cnc[nH]2)c1. The number of nitrogens with one attached hydrogen (secondary N) is 2. The summed E-state index contributed by atoms with van der Waals surface area (Å²) in [4.78, 5) is 28.7. The van der Waals surface area contributed by atoms with E-state index in [4.69, 9.17) is 5.11 Å². The van der Waals surface area contributed by atoms with Crippen molar-refractivity contribution in [2.24, 2.45) is 0 Å². The quantitative estimate of drug-likeness (QED) is 0.756. The first-order chi connectivity index (χ1) is 8.65. The van der Waals surface area contributed by atoms with Crippen LogP contribution in [0.2, 0.25) is 0 Å². The summed E-state index contributed by atoms with van der Waals surface area (Å²) in [7, 11) is 0. The lowest BCUT2D eigenvalue weighted by Crippen LogP contribution is -2.12. The molecule has 2 rings (SSSR count). The van der Waals surface area contributed by atoms with Crippen LogP contribution in [-0.4, -0.2) is 27.0 Å². The third-order valence-electron chi connectivity index (χ3n) is 2.28. The van der Waals surface area contributed by atoms with Crippen molar-refractivity contribution < 1.29 is 14.7 Å². The van der Waals surface area contributed by atoms with Gasteiger partial charge in [0.2, 0.25) is 0 Å². The van der Waals surface area contributed by atoms with Gasteiger partial charge in [0.25, 0.3) is 5.91 Å². The molecule has 1 heterocycles. The molecule has 0 aliphatic rings. The summed E-state index contributed by atoms with van der Waals surface area (Å²) in [5.74, 6) is -1.23. The zero-order valence-electron chi connectivity index (χ0n) is 9.38. The summed E-state index contributed by atoms with van der Waals surface area (Å²) >= 11 is 0. The molecule has 0 saturated heterocycles. The highest BCUT2D eigenvalue weighted by Gasteiger charge is 2.08. The van der Waals surface area contributed by atoms with Crippen LogP contribution in [0.1, 0.15) is 16.1 Å². The first-order valence-electron chi connectivity index (χ1n) is 5.25. The Morgan fingerprint density at radius 1 is 1.39 bits per heavy atom. The highest BCUT2D eigenvalue weighted by atomic mass is 16.4. The molecule has 1 amide bonds. The first-order valence-corrected chi connectivity index (χ1v) is 5.25. The Balaban J connectivity index is 2.10. The Bertz CT molecular complexity index is 564. The number of anilines is 1. The Morgan fingerprint density at radius 3 is 2.89 bits per heavy atom. The molecule has 0 saturated carbocycles. The maximum absolute atomic E-state index is 11.7. The lowest BCUT2D eigenvalue weighted by atomic mass is 10.1. The van der Waals surface area contributed by atoms with Gasteiger partial charge < -0.3 is 15.4 Å². The van der Waals surface area contributed by atoms with Crippen LogP contribution in [0.25, 0.3) is 0 Å². The third kappa shape index (κ3) is 2.94. The van der Waals surface area contributed by atoms with Crippen LogP contribution in [-0.2, 0) is 11.2 Å². The van der Waals surface area contributed by atoms with E-state index in [-0.39, 0.29) is 12.3 Å². The Labute approximate surface area is 103 Å². The largest absolute Gasteiger partial charge is 0.481 e. The Kier molecular flexibility index (Phi) is 3.38. The van der Waals surface area contributed by atoms with Crippen LogP contribution in [0, 0.1) is 0 Å². The number of aliphatic carboxylic acids is 1. The molecule has 6 heteroatoms. The minimum absolute atomic E-state index is 0.0756. The fraction of sp³-hybridized carbons (Fsp3) is 0.0833. The van der Waals surface area contributed by atoms with Gasteiger partial charge in [0.05, 0.1) is 18.9 Å². The number of aromatic amines is 1. The predicted molar refractivity (Wildman–Crippen MR) is 64.3 cm³/mol. The van der Waals surface area contributed by atoms with Crippen molar-refractivity contribution in [2.45, 2.75) is 6.42 Å². The number of imidazole rings is 1. The summed E-state index contributed by atoms with van der Waals surface area (Å²) in [6.45, 7) is 0. The summed E-state index contributed by atoms with van der Waals surface area (Å²) in [6, 6.07) is 6.71. The van der Waals surface area contributed by atoms with E-state index < -0.39 is 5.97 Å². The number of hydrogen-bond acceptors (Lipinski definition) is 3. The number of aromatic nitrogens is 2. The summed E-state index contributed by atoms with van der Waals surface area (Å²) in [5.41, 5.74) is 1.52. The number of carbonyl (C=O) groups excluding carboxylic acids is 1. The maximum Gasteiger partial charge on any atom is 0.307 e. The van der Waals surface area contributed by atoms with E-state index in [9.17, 15) is 9.59 Å². The van der Waals surface area contributed by atoms with E-state index in [1.807, 2.05) is 0 Å². The number of rotatable bonds is 4. The second-order valence-electron chi connectivity index (χ2n) is 3.69. The average Bonchev–Trinajstić information content (AvgIpc) is 2.81. The van der Waals surface area contributed by atoms with Crippen molar-refractivity contribution in [3.05, 3.63) is 48.0 Å². The van der Waals surface area contributed by atoms with E-state index in [0.717, 1.165) is 0 Å². The Morgan fingerprint density at radius 2 is 2.22 bits per heavy atom. The molecular weight excluding hydrogens is 234 g/mol. The maximum atomic E-state index is 11.7.